The highest BCUT2D eigenvalue weighted by molar-refractivity contribution is 7.92. The van der Waals surface area contributed by atoms with E-state index in [1.807, 2.05) is 6.92 Å². The van der Waals surface area contributed by atoms with Crippen LogP contribution in [0.4, 0.5) is 0 Å². The van der Waals surface area contributed by atoms with Gasteiger partial charge in [0.05, 0.1) is 12.0 Å². The highest BCUT2D eigenvalue weighted by atomic mass is 32.2. The zero-order valence-electron chi connectivity index (χ0n) is 10.8. The number of Topliss-reactive ketones (excluding diaryl/α,β-unsaturated/α-hetero) is 1. The molecule has 0 amide bonds. The molecule has 0 aliphatic heterocycles. The van der Waals surface area contributed by atoms with Gasteiger partial charge in [-0.25, -0.2) is 8.42 Å². The third-order valence-electron chi connectivity index (χ3n) is 2.89. The first kappa shape index (κ1) is 14.7. The number of ketones is 1. The fourth-order valence-electron chi connectivity index (χ4n) is 1.44. The number of methoxy groups -OCH3 is 1. The predicted octanol–water partition coefficient (Wildman–Crippen LogP) is 2.08. The van der Waals surface area contributed by atoms with Crippen molar-refractivity contribution >= 4 is 15.6 Å². The van der Waals surface area contributed by atoms with Gasteiger partial charge in [0, 0.05) is 5.92 Å². The van der Waals surface area contributed by atoms with E-state index in [2.05, 4.69) is 0 Å². The number of rotatable bonds is 6. The molecule has 0 bridgehead atoms. The maximum Gasteiger partial charge on any atom is 0.185 e. The van der Waals surface area contributed by atoms with E-state index in [9.17, 15) is 13.2 Å². The lowest BCUT2D eigenvalue weighted by Gasteiger charge is -2.09. The number of benzene rings is 1. The largest absolute Gasteiger partial charge is 0.497 e. The van der Waals surface area contributed by atoms with Gasteiger partial charge in [-0.3, -0.25) is 4.79 Å². The lowest BCUT2D eigenvalue weighted by Crippen LogP contribution is -2.21. The Hall–Kier alpha value is -1.36. The molecule has 1 aromatic rings. The fourth-order valence-corrected chi connectivity index (χ4v) is 2.84. The van der Waals surface area contributed by atoms with Gasteiger partial charge in [-0.15, -0.1) is 0 Å². The normalized spacial score (nSPS) is 13.1. The number of hydrogen-bond donors (Lipinski definition) is 0. The topological polar surface area (TPSA) is 60.4 Å². The van der Waals surface area contributed by atoms with Gasteiger partial charge in [-0.05, 0) is 24.6 Å². The van der Waals surface area contributed by atoms with Gasteiger partial charge in [-0.2, -0.15) is 0 Å². The van der Waals surface area contributed by atoms with Crippen LogP contribution in [0.1, 0.15) is 20.3 Å². The van der Waals surface area contributed by atoms with E-state index in [0.717, 1.165) is 0 Å². The Morgan fingerprint density at radius 1 is 1.39 bits per heavy atom. The molecule has 1 rings (SSSR count). The zero-order valence-corrected chi connectivity index (χ0v) is 11.7. The third kappa shape index (κ3) is 3.57. The van der Waals surface area contributed by atoms with Crippen LogP contribution in [0, 0.1) is 5.92 Å². The minimum absolute atomic E-state index is 0.124. The second-order valence-electron chi connectivity index (χ2n) is 4.21. The standard InChI is InChI=1S/C13H18O4S/c1-4-10(2)13(14)9-18(15,16)12-7-5-6-11(8-12)17-3/h5-8,10H,4,9H2,1-3H3. The molecule has 0 heterocycles. The summed E-state index contributed by atoms with van der Waals surface area (Å²) >= 11 is 0. The van der Waals surface area contributed by atoms with E-state index in [1.165, 1.54) is 19.2 Å². The van der Waals surface area contributed by atoms with Crippen molar-refractivity contribution in [1.29, 1.82) is 0 Å². The molecule has 0 fully saturated rings. The average molecular weight is 270 g/mol. The first-order valence-corrected chi connectivity index (χ1v) is 7.45. The Morgan fingerprint density at radius 2 is 2.06 bits per heavy atom. The molecule has 5 heteroatoms. The van der Waals surface area contributed by atoms with Crippen LogP contribution in [0.25, 0.3) is 0 Å². The highest BCUT2D eigenvalue weighted by Crippen LogP contribution is 2.19. The van der Waals surface area contributed by atoms with Gasteiger partial charge in [-0.1, -0.05) is 19.9 Å². The zero-order chi connectivity index (χ0) is 13.8. The van der Waals surface area contributed by atoms with E-state index in [1.54, 1.807) is 19.1 Å². The second kappa shape index (κ2) is 6.00. The van der Waals surface area contributed by atoms with Crippen molar-refractivity contribution in [3.05, 3.63) is 24.3 Å². The molecule has 1 unspecified atom stereocenters. The summed E-state index contributed by atoms with van der Waals surface area (Å²) in [5.41, 5.74) is 0. The van der Waals surface area contributed by atoms with Gasteiger partial charge in [0.15, 0.2) is 15.6 Å². The Labute approximate surface area is 108 Å². The van der Waals surface area contributed by atoms with Crippen LogP contribution < -0.4 is 4.74 Å². The quantitative estimate of drug-likeness (QED) is 0.794. The number of sulfone groups is 1. The highest BCUT2D eigenvalue weighted by Gasteiger charge is 2.22. The molecule has 100 valence electrons. The van der Waals surface area contributed by atoms with Crippen LogP contribution in [0.15, 0.2) is 29.2 Å². The van der Waals surface area contributed by atoms with Gasteiger partial charge in [0.1, 0.15) is 11.5 Å². The molecule has 0 radical (unpaired) electrons. The van der Waals surface area contributed by atoms with E-state index in [0.29, 0.717) is 12.2 Å². The van der Waals surface area contributed by atoms with Crippen molar-refractivity contribution < 1.29 is 17.9 Å². The summed E-state index contributed by atoms with van der Waals surface area (Å²) in [6.45, 7) is 3.60. The van der Waals surface area contributed by atoms with Crippen molar-refractivity contribution in [2.45, 2.75) is 25.2 Å². The van der Waals surface area contributed by atoms with Gasteiger partial charge >= 0.3 is 0 Å². The SMILES string of the molecule is CCC(C)C(=O)CS(=O)(=O)c1cccc(OC)c1. The van der Waals surface area contributed by atoms with Crippen LogP contribution in [-0.2, 0) is 14.6 Å². The molecule has 0 N–H and O–H groups in total. The lowest BCUT2D eigenvalue weighted by molar-refractivity contribution is -0.119. The first-order chi connectivity index (χ1) is 8.40. The molecule has 18 heavy (non-hydrogen) atoms. The average Bonchev–Trinajstić information content (AvgIpc) is 2.37. The third-order valence-corrected chi connectivity index (χ3v) is 4.53. The van der Waals surface area contributed by atoms with E-state index < -0.39 is 15.6 Å². The molecule has 0 aliphatic rings. The van der Waals surface area contributed by atoms with Gasteiger partial charge in [0.25, 0.3) is 0 Å². The lowest BCUT2D eigenvalue weighted by atomic mass is 10.1. The van der Waals surface area contributed by atoms with Gasteiger partial charge < -0.3 is 4.74 Å². The number of carbonyl (C=O) groups excluding carboxylic acids is 1. The van der Waals surface area contributed by atoms with Crippen LogP contribution in [0.5, 0.6) is 5.75 Å². The van der Waals surface area contributed by atoms with Crippen molar-refractivity contribution in [2.75, 3.05) is 12.9 Å². The maximum absolute atomic E-state index is 12.1. The van der Waals surface area contributed by atoms with Crippen LogP contribution in [0.2, 0.25) is 0 Å². The molecule has 0 spiro atoms. The van der Waals surface area contributed by atoms with Crippen molar-refractivity contribution in [2.24, 2.45) is 5.92 Å². The second-order valence-corrected chi connectivity index (χ2v) is 6.20. The summed E-state index contributed by atoms with van der Waals surface area (Å²) in [6.07, 6.45) is 0.645. The Balaban J connectivity index is 2.96. The summed E-state index contributed by atoms with van der Waals surface area (Å²) in [5.74, 6) is -0.465. The smallest absolute Gasteiger partial charge is 0.185 e. The molecule has 0 saturated heterocycles. The molecule has 0 saturated carbocycles. The van der Waals surface area contributed by atoms with Crippen molar-refractivity contribution in [3.63, 3.8) is 0 Å². The summed E-state index contributed by atoms with van der Waals surface area (Å²) in [5, 5.41) is 0. The molecular weight excluding hydrogens is 252 g/mol. The minimum atomic E-state index is -3.58. The fraction of sp³-hybridized carbons (Fsp3) is 0.462. The summed E-state index contributed by atoms with van der Waals surface area (Å²) < 4.78 is 29.1. The Bertz CT molecular complexity index is 520. The van der Waals surface area contributed by atoms with Gasteiger partial charge in [0.2, 0.25) is 0 Å². The molecule has 0 aliphatic carbocycles. The molecule has 1 atom stereocenters. The molecule has 4 nitrogen and oxygen atoms in total. The van der Waals surface area contributed by atoms with Crippen LogP contribution in [-0.4, -0.2) is 27.1 Å². The van der Waals surface area contributed by atoms with E-state index >= 15 is 0 Å². The monoisotopic (exact) mass is 270 g/mol. The van der Waals surface area contributed by atoms with Crippen molar-refractivity contribution in [3.8, 4) is 5.75 Å². The number of carbonyl (C=O) groups is 1. The van der Waals surface area contributed by atoms with Crippen LogP contribution in [0.3, 0.4) is 0 Å². The maximum atomic E-state index is 12.1. The first-order valence-electron chi connectivity index (χ1n) is 5.80. The van der Waals surface area contributed by atoms with E-state index in [-0.39, 0.29) is 16.6 Å². The van der Waals surface area contributed by atoms with E-state index in [4.69, 9.17) is 4.74 Å². The number of ether oxygens (including phenoxy) is 1. The number of hydrogen-bond acceptors (Lipinski definition) is 4. The van der Waals surface area contributed by atoms with Crippen molar-refractivity contribution in [1.82, 2.24) is 0 Å². The summed E-state index contributed by atoms with van der Waals surface area (Å²) in [4.78, 5) is 11.8. The predicted molar refractivity (Wildman–Crippen MR) is 69.5 cm³/mol. The molecule has 0 aromatic heterocycles. The Kier molecular flexibility index (Phi) is 4.90. The molecule has 1 aromatic carbocycles. The molecular formula is C13H18O4S. The Morgan fingerprint density at radius 3 is 2.61 bits per heavy atom. The van der Waals surface area contributed by atoms with Crippen LogP contribution >= 0.6 is 0 Å². The summed E-state index contributed by atoms with van der Waals surface area (Å²) in [6, 6.07) is 6.16. The summed E-state index contributed by atoms with van der Waals surface area (Å²) in [7, 11) is -2.11. The minimum Gasteiger partial charge on any atom is -0.497 e.